The number of benzene rings is 1. The van der Waals surface area contributed by atoms with Gasteiger partial charge in [0.1, 0.15) is 11.0 Å². The molecule has 0 aromatic heterocycles. The van der Waals surface area contributed by atoms with Crippen LogP contribution in [0.4, 0.5) is 0 Å². The third-order valence-electron chi connectivity index (χ3n) is 2.62. The second-order valence-corrected chi connectivity index (χ2v) is 6.54. The molecule has 0 bridgehead atoms. The van der Waals surface area contributed by atoms with Crippen molar-refractivity contribution >= 4 is 26.0 Å². The maximum absolute atomic E-state index is 11.8. The number of halogens is 1. The molecule has 2 rings (SSSR count). The van der Waals surface area contributed by atoms with Crippen molar-refractivity contribution in [2.45, 2.75) is 11.7 Å². The summed E-state index contributed by atoms with van der Waals surface area (Å²) in [4.78, 5) is 0. The maximum Gasteiger partial charge on any atom is 0.218 e. The van der Waals surface area contributed by atoms with Crippen LogP contribution in [0.2, 0.25) is 0 Å². The Morgan fingerprint density at radius 1 is 1.50 bits per heavy atom. The van der Waals surface area contributed by atoms with E-state index in [0.29, 0.717) is 18.8 Å². The van der Waals surface area contributed by atoms with E-state index in [-0.39, 0.29) is 0 Å². The van der Waals surface area contributed by atoms with Gasteiger partial charge in [-0.3, -0.25) is 0 Å². The summed E-state index contributed by atoms with van der Waals surface area (Å²) in [7, 11) is -1.87. The second-order valence-electron chi connectivity index (χ2n) is 3.56. The zero-order chi connectivity index (χ0) is 11.8. The number of sulfonamides is 1. The Morgan fingerprint density at radius 2 is 2.25 bits per heavy atom. The summed E-state index contributed by atoms with van der Waals surface area (Å²) in [5.74, 6) is 0.651. The minimum atomic E-state index is -3.30. The standard InChI is InChI=1S/C10H12BrNO3S/c1-12-16(13,14)10-4-5-15-9-3-2-7(11)6-8(9)10/h2-3,6,10,12H,4-5H2,1H3/t10-/m0/s1. The summed E-state index contributed by atoms with van der Waals surface area (Å²) in [6.45, 7) is 0.431. The third-order valence-corrected chi connectivity index (χ3v) is 4.92. The predicted octanol–water partition coefficient (Wildman–Crippen LogP) is 1.82. The van der Waals surface area contributed by atoms with Crippen LogP contribution in [-0.2, 0) is 10.0 Å². The van der Waals surface area contributed by atoms with E-state index in [4.69, 9.17) is 4.74 Å². The Kier molecular flexibility index (Phi) is 3.23. The monoisotopic (exact) mass is 305 g/mol. The number of rotatable bonds is 2. The van der Waals surface area contributed by atoms with Crippen molar-refractivity contribution < 1.29 is 13.2 Å². The zero-order valence-electron chi connectivity index (χ0n) is 8.73. The molecule has 0 unspecified atom stereocenters. The molecule has 0 fully saturated rings. The highest BCUT2D eigenvalue weighted by atomic mass is 79.9. The van der Waals surface area contributed by atoms with Crippen molar-refractivity contribution in [2.75, 3.05) is 13.7 Å². The fraction of sp³-hybridized carbons (Fsp3) is 0.400. The highest BCUT2D eigenvalue weighted by molar-refractivity contribution is 9.10. The van der Waals surface area contributed by atoms with E-state index in [0.717, 1.165) is 10.0 Å². The van der Waals surface area contributed by atoms with Crippen molar-refractivity contribution in [1.29, 1.82) is 0 Å². The van der Waals surface area contributed by atoms with E-state index in [1.807, 2.05) is 6.07 Å². The van der Waals surface area contributed by atoms with Crippen LogP contribution in [-0.4, -0.2) is 22.1 Å². The molecule has 0 radical (unpaired) electrons. The molecule has 0 saturated carbocycles. The van der Waals surface area contributed by atoms with Crippen molar-refractivity contribution in [3.63, 3.8) is 0 Å². The van der Waals surface area contributed by atoms with E-state index in [1.54, 1.807) is 12.1 Å². The van der Waals surface area contributed by atoms with E-state index in [2.05, 4.69) is 20.7 Å². The number of nitrogens with one attached hydrogen (secondary N) is 1. The van der Waals surface area contributed by atoms with Crippen LogP contribution in [0.1, 0.15) is 17.2 Å². The topological polar surface area (TPSA) is 55.4 Å². The SMILES string of the molecule is CNS(=O)(=O)[C@H]1CCOc2ccc(Br)cc21. The van der Waals surface area contributed by atoms with Crippen molar-refractivity contribution in [3.8, 4) is 5.75 Å². The molecule has 0 spiro atoms. The summed E-state index contributed by atoms with van der Waals surface area (Å²) >= 11 is 3.34. The quantitative estimate of drug-likeness (QED) is 0.907. The first-order valence-corrected chi connectivity index (χ1v) is 7.23. The molecule has 0 aliphatic carbocycles. The normalized spacial score (nSPS) is 20.0. The molecule has 1 aromatic carbocycles. The van der Waals surface area contributed by atoms with Gasteiger partial charge in [0.2, 0.25) is 10.0 Å². The van der Waals surface area contributed by atoms with Gasteiger partial charge in [0.05, 0.1) is 6.61 Å². The second kappa shape index (κ2) is 4.35. The van der Waals surface area contributed by atoms with Gasteiger partial charge in [-0.15, -0.1) is 0 Å². The van der Waals surface area contributed by atoms with Gasteiger partial charge < -0.3 is 4.74 Å². The lowest BCUT2D eigenvalue weighted by Crippen LogP contribution is -2.29. The van der Waals surface area contributed by atoms with Crippen molar-refractivity contribution in [3.05, 3.63) is 28.2 Å². The van der Waals surface area contributed by atoms with Crippen LogP contribution < -0.4 is 9.46 Å². The van der Waals surface area contributed by atoms with Crippen molar-refractivity contribution in [2.24, 2.45) is 0 Å². The van der Waals surface area contributed by atoms with Crippen LogP contribution >= 0.6 is 15.9 Å². The molecule has 16 heavy (non-hydrogen) atoms. The van der Waals surface area contributed by atoms with Gasteiger partial charge in [0, 0.05) is 16.5 Å². The van der Waals surface area contributed by atoms with E-state index < -0.39 is 15.3 Å². The molecule has 88 valence electrons. The first-order valence-electron chi connectivity index (χ1n) is 4.89. The molecule has 4 nitrogen and oxygen atoms in total. The molecule has 1 heterocycles. The zero-order valence-corrected chi connectivity index (χ0v) is 11.1. The van der Waals surface area contributed by atoms with Crippen molar-refractivity contribution in [1.82, 2.24) is 4.72 Å². The molecule has 6 heteroatoms. The highest BCUT2D eigenvalue weighted by Crippen LogP contribution is 2.38. The average Bonchev–Trinajstić information content (AvgIpc) is 2.28. The molecular formula is C10H12BrNO3S. The van der Waals surface area contributed by atoms with E-state index in [9.17, 15) is 8.42 Å². The molecule has 1 aromatic rings. The predicted molar refractivity (Wildman–Crippen MR) is 65.0 cm³/mol. The molecule has 0 amide bonds. The van der Waals surface area contributed by atoms with Crippen LogP contribution in [0.5, 0.6) is 5.75 Å². The number of hydrogen-bond donors (Lipinski definition) is 1. The molecule has 1 N–H and O–H groups in total. The fourth-order valence-corrected chi connectivity index (χ4v) is 3.39. The van der Waals surface area contributed by atoms with Gasteiger partial charge in [0.25, 0.3) is 0 Å². The lowest BCUT2D eigenvalue weighted by Gasteiger charge is -2.25. The molecule has 0 saturated heterocycles. The minimum absolute atomic E-state index is 0.431. The van der Waals surface area contributed by atoms with Gasteiger partial charge in [-0.1, -0.05) is 15.9 Å². The van der Waals surface area contributed by atoms with E-state index in [1.165, 1.54) is 7.05 Å². The van der Waals surface area contributed by atoms with Gasteiger partial charge in [-0.25, -0.2) is 13.1 Å². The average molecular weight is 306 g/mol. The Bertz CT molecular complexity index is 501. The first-order chi connectivity index (χ1) is 7.54. The molecular weight excluding hydrogens is 294 g/mol. The Balaban J connectivity index is 2.51. The first kappa shape index (κ1) is 11.9. The maximum atomic E-state index is 11.8. The largest absolute Gasteiger partial charge is 0.493 e. The molecule has 1 aliphatic rings. The summed E-state index contributed by atoms with van der Waals surface area (Å²) in [6.07, 6.45) is 0.479. The van der Waals surface area contributed by atoms with Gasteiger partial charge in [-0.05, 0) is 25.2 Å². The third kappa shape index (κ3) is 2.09. The number of fused-ring (bicyclic) bond motifs is 1. The number of hydrogen-bond acceptors (Lipinski definition) is 3. The summed E-state index contributed by atoms with van der Waals surface area (Å²) in [5.41, 5.74) is 0.718. The molecule has 1 atom stereocenters. The van der Waals surface area contributed by atoms with Crippen LogP contribution in [0.3, 0.4) is 0 Å². The lowest BCUT2D eigenvalue weighted by atomic mass is 10.1. The Morgan fingerprint density at radius 3 is 2.94 bits per heavy atom. The van der Waals surface area contributed by atoms with Crippen LogP contribution in [0.25, 0.3) is 0 Å². The number of ether oxygens (including phenoxy) is 1. The minimum Gasteiger partial charge on any atom is -0.493 e. The van der Waals surface area contributed by atoms with Crippen LogP contribution in [0, 0.1) is 0 Å². The van der Waals surface area contributed by atoms with E-state index >= 15 is 0 Å². The Labute approximate surface area is 103 Å². The Hall–Kier alpha value is -0.590. The highest BCUT2D eigenvalue weighted by Gasteiger charge is 2.31. The van der Waals surface area contributed by atoms with Crippen LogP contribution in [0.15, 0.2) is 22.7 Å². The summed E-state index contributed by atoms with van der Waals surface area (Å²) in [6, 6.07) is 5.43. The summed E-state index contributed by atoms with van der Waals surface area (Å²) < 4.78 is 32.4. The molecule has 1 aliphatic heterocycles. The fourth-order valence-electron chi connectivity index (χ4n) is 1.80. The lowest BCUT2D eigenvalue weighted by molar-refractivity contribution is 0.283. The smallest absolute Gasteiger partial charge is 0.218 e. The van der Waals surface area contributed by atoms with Gasteiger partial charge in [-0.2, -0.15) is 0 Å². The van der Waals surface area contributed by atoms with Gasteiger partial charge in [0.15, 0.2) is 0 Å². The van der Waals surface area contributed by atoms with Gasteiger partial charge >= 0.3 is 0 Å². The summed E-state index contributed by atoms with van der Waals surface area (Å²) in [5, 5.41) is -0.529.